The summed E-state index contributed by atoms with van der Waals surface area (Å²) in [4.78, 5) is 10.3. The van der Waals surface area contributed by atoms with Crippen molar-refractivity contribution in [2.75, 3.05) is 13.2 Å². The van der Waals surface area contributed by atoms with Crippen LogP contribution in [0.25, 0.3) is 0 Å². The summed E-state index contributed by atoms with van der Waals surface area (Å²) in [7, 11) is 0. The van der Waals surface area contributed by atoms with Gasteiger partial charge in [0.15, 0.2) is 0 Å². The molecule has 2 aromatic rings. The molecule has 0 atom stereocenters. The Morgan fingerprint density at radius 3 is 1.64 bits per heavy atom. The zero-order valence-corrected chi connectivity index (χ0v) is 14.0. The maximum Gasteiger partial charge on any atom is 0.122 e. The van der Waals surface area contributed by atoms with Gasteiger partial charge in [-0.1, -0.05) is 58.8 Å². The molecule has 0 fully saturated rings. The normalized spacial score (nSPS) is 16.2. The van der Waals surface area contributed by atoms with E-state index < -0.39 is 0 Å². The zero-order chi connectivity index (χ0) is 16.9. The first-order valence-corrected chi connectivity index (χ1v) is 8.54. The molecule has 0 saturated carbocycles. The van der Waals surface area contributed by atoms with E-state index in [0.29, 0.717) is 26.4 Å². The highest BCUT2D eigenvalue weighted by Gasteiger charge is 2.16. The van der Waals surface area contributed by atoms with Crippen LogP contribution in [0.2, 0.25) is 0 Å². The van der Waals surface area contributed by atoms with Crippen molar-refractivity contribution in [1.82, 2.24) is 0 Å². The van der Waals surface area contributed by atoms with Crippen LogP contribution >= 0.6 is 0 Å². The number of hydrogen-bond acceptors (Lipinski definition) is 5. The van der Waals surface area contributed by atoms with E-state index in [1.807, 2.05) is 24.3 Å². The number of oxime groups is 2. The molecule has 0 radical (unpaired) electrons. The van der Waals surface area contributed by atoms with Crippen LogP contribution in [-0.2, 0) is 27.6 Å². The van der Waals surface area contributed by atoms with Gasteiger partial charge in [0.25, 0.3) is 0 Å². The zero-order valence-electron chi connectivity index (χ0n) is 14.0. The molecule has 2 heterocycles. The van der Waals surface area contributed by atoms with Crippen molar-refractivity contribution < 1.29 is 14.4 Å². The summed E-state index contributed by atoms with van der Waals surface area (Å²) in [6, 6.07) is 16.4. The van der Waals surface area contributed by atoms with Gasteiger partial charge in [0.05, 0.1) is 24.6 Å². The van der Waals surface area contributed by atoms with Crippen LogP contribution in [0.4, 0.5) is 0 Å². The molecule has 0 bridgehead atoms. The Bertz CT molecular complexity index is 747. The smallest absolute Gasteiger partial charge is 0.122 e. The fourth-order valence-electron chi connectivity index (χ4n) is 3.12. The van der Waals surface area contributed by atoms with Gasteiger partial charge in [-0.15, -0.1) is 0 Å². The minimum absolute atomic E-state index is 0.534. The third-order valence-electron chi connectivity index (χ3n) is 4.38. The van der Waals surface area contributed by atoms with Gasteiger partial charge < -0.3 is 14.4 Å². The molecule has 2 aliphatic heterocycles. The summed E-state index contributed by atoms with van der Waals surface area (Å²) in [5, 5.41) is 8.26. The molecule has 0 N–H and O–H groups in total. The van der Waals surface area contributed by atoms with Crippen molar-refractivity contribution in [3.63, 3.8) is 0 Å². The summed E-state index contributed by atoms with van der Waals surface area (Å²) >= 11 is 0. The monoisotopic (exact) mass is 336 g/mol. The fraction of sp³-hybridized carbons (Fsp3) is 0.300. The predicted octanol–water partition coefficient (Wildman–Crippen LogP) is 3.65. The maximum absolute atomic E-state index is 6.01. The molecule has 2 aliphatic rings. The third-order valence-corrected chi connectivity index (χ3v) is 4.38. The number of hydrogen-bond donors (Lipinski definition) is 0. The lowest BCUT2D eigenvalue weighted by atomic mass is 10.0. The summed E-state index contributed by atoms with van der Waals surface area (Å²) in [5.74, 6) is 0. The molecule has 5 heteroatoms. The molecule has 0 amide bonds. The molecule has 128 valence electrons. The van der Waals surface area contributed by atoms with Crippen molar-refractivity contribution in [2.24, 2.45) is 10.3 Å². The molecule has 0 unspecified atom stereocenters. The number of benzene rings is 2. The van der Waals surface area contributed by atoms with Crippen molar-refractivity contribution in [3.05, 3.63) is 70.8 Å². The highest BCUT2D eigenvalue weighted by atomic mass is 16.6. The second-order valence-electron chi connectivity index (χ2n) is 6.05. The fourth-order valence-corrected chi connectivity index (χ4v) is 3.12. The van der Waals surface area contributed by atoms with E-state index in [1.54, 1.807) is 0 Å². The Morgan fingerprint density at radius 1 is 0.720 bits per heavy atom. The van der Waals surface area contributed by atoms with Gasteiger partial charge in [0, 0.05) is 24.0 Å². The molecular weight excluding hydrogens is 316 g/mol. The molecule has 4 rings (SSSR count). The minimum Gasteiger partial charge on any atom is -0.395 e. The number of rotatable bonds is 6. The summed E-state index contributed by atoms with van der Waals surface area (Å²) in [5.41, 5.74) is 6.48. The van der Waals surface area contributed by atoms with Crippen LogP contribution < -0.4 is 0 Å². The Hall–Kier alpha value is -2.66. The first kappa shape index (κ1) is 15.8. The van der Waals surface area contributed by atoms with Crippen LogP contribution in [0.3, 0.4) is 0 Å². The lowest BCUT2D eigenvalue weighted by Gasteiger charge is -2.11. The first-order chi connectivity index (χ1) is 12.4. The topological polar surface area (TPSA) is 52.4 Å². The Labute approximate surface area is 146 Å². The Kier molecular flexibility index (Phi) is 4.74. The largest absolute Gasteiger partial charge is 0.395 e. The van der Waals surface area contributed by atoms with E-state index in [-0.39, 0.29) is 0 Å². The average molecular weight is 336 g/mol. The van der Waals surface area contributed by atoms with Gasteiger partial charge in [0.2, 0.25) is 0 Å². The van der Waals surface area contributed by atoms with Gasteiger partial charge in [0.1, 0.15) is 13.2 Å². The Balaban J connectivity index is 1.46. The van der Waals surface area contributed by atoms with Crippen LogP contribution in [0, 0.1) is 0 Å². The molecule has 0 aromatic heterocycles. The molecule has 0 aliphatic carbocycles. The Morgan fingerprint density at radius 2 is 1.20 bits per heavy atom. The van der Waals surface area contributed by atoms with Gasteiger partial charge in [-0.2, -0.15) is 0 Å². The summed E-state index contributed by atoms with van der Waals surface area (Å²) in [6.45, 7) is 2.38. The van der Waals surface area contributed by atoms with Crippen LogP contribution in [0.15, 0.2) is 58.8 Å². The molecule has 0 spiro atoms. The first-order valence-electron chi connectivity index (χ1n) is 8.54. The molecule has 25 heavy (non-hydrogen) atoms. The molecule has 5 nitrogen and oxygen atoms in total. The van der Waals surface area contributed by atoms with Gasteiger partial charge in [-0.05, 0) is 11.1 Å². The lowest BCUT2D eigenvalue weighted by molar-refractivity contribution is 0.107. The van der Waals surface area contributed by atoms with E-state index in [4.69, 9.17) is 14.4 Å². The van der Waals surface area contributed by atoms with Crippen molar-refractivity contribution >= 4 is 11.4 Å². The van der Waals surface area contributed by atoms with Gasteiger partial charge in [-0.25, -0.2) is 0 Å². The van der Waals surface area contributed by atoms with Crippen LogP contribution in [0.1, 0.15) is 35.1 Å². The van der Waals surface area contributed by atoms with E-state index in [1.165, 1.54) is 0 Å². The standard InChI is InChI=1S/C20H20N2O3/c1-3-7-17(19-9-11-24-21-19)15(5-1)13-23-14-16-6-2-4-8-18(16)20-10-12-25-22-20/h1-8H,9-14H2. The van der Waals surface area contributed by atoms with Gasteiger partial charge >= 0.3 is 0 Å². The highest BCUT2D eigenvalue weighted by molar-refractivity contribution is 6.02. The third kappa shape index (κ3) is 3.56. The minimum atomic E-state index is 0.534. The summed E-state index contributed by atoms with van der Waals surface area (Å²) < 4.78 is 6.01. The van der Waals surface area contributed by atoms with E-state index in [2.05, 4.69) is 34.6 Å². The number of nitrogens with zero attached hydrogens (tertiary/aromatic N) is 2. The summed E-state index contributed by atoms with van der Waals surface area (Å²) in [6.07, 6.45) is 1.69. The second-order valence-corrected chi connectivity index (χ2v) is 6.05. The second kappa shape index (κ2) is 7.49. The van der Waals surface area contributed by atoms with Crippen molar-refractivity contribution in [1.29, 1.82) is 0 Å². The van der Waals surface area contributed by atoms with Crippen molar-refractivity contribution in [3.8, 4) is 0 Å². The molecule has 0 saturated heterocycles. The lowest BCUT2D eigenvalue weighted by Crippen LogP contribution is -2.07. The average Bonchev–Trinajstić information content (AvgIpc) is 3.37. The number of ether oxygens (including phenoxy) is 1. The quantitative estimate of drug-likeness (QED) is 0.809. The highest BCUT2D eigenvalue weighted by Crippen LogP contribution is 2.20. The van der Waals surface area contributed by atoms with Gasteiger partial charge in [-0.3, -0.25) is 0 Å². The van der Waals surface area contributed by atoms with Crippen molar-refractivity contribution in [2.45, 2.75) is 26.1 Å². The van der Waals surface area contributed by atoms with Crippen LogP contribution in [-0.4, -0.2) is 24.6 Å². The SMILES string of the molecule is c1ccc(C2=NOCC2)c(COCc2ccccc2C2=NOCC2)c1. The predicted molar refractivity (Wildman–Crippen MR) is 95.6 cm³/mol. The van der Waals surface area contributed by atoms with E-state index in [9.17, 15) is 0 Å². The molecular formula is C20H20N2O3. The van der Waals surface area contributed by atoms with Crippen LogP contribution in [0.5, 0.6) is 0 Å². The molecule has 2 aromatic carbocycles. The maximum atomic E-state index is 6.01. The van der Waals surface area contributed by atoms with E-state index in [0.717, 1.165) is 46.5 Å². The van der Waals surface area contributed by atoms with E-state index >= 15 is 0 Å².